The molecule has 0 atom stereocenters. The number of hydrogen-bond acceptors (Lipinski definition) is 3. The number of carboxylic acids is 1. The lowest BCUT2D eigenvalue weighted by Crippen LogP contribution is -2.44. The maximum Gasteiger partial charge on any atom is 0.352 e. The number of nitrogens with zero attached hydrogens (tertiary/aromatic N) is 2. The maximum atomic E-state index is 12.6. The van der Waals surface area contributed by atoms with Crippen molar-refractivity contribution in [1.29, 1.82) is 0 Å². The third kappa shape index (κ3) is 3.47. The molecule has 0 radical (unpaired) electrons. The SMILES string of the molecule is CCCn1cc(S(=O)(=O)N(C)C(C)(C)CC)cc1C(=O)O. The highest BCUT2D eigenvalue weighted by atomic mass is 32.2. The van der Waals surface area contributed by atoms with Crippen molar-refractivity contribution in [3.05, 3.63) is 18.0 Å². The van der Waals surface area contributed by atoms with E-state index in [1.165, 1.54) is 28.2 Å². The fraction of sp³-hybridized carbons (Fsp3) is 0.643. The van der Waals surface area contributed by atoms with Crippen molar-refractivity contribution in [3.63, 3.8) is 0 Å². The standard InChI is InChI=1S/C14H24N2O4S/c1-6-8-16-10-11(9-12(16)13(17)18)21(19,20)15(5)14(3,4)7-2/h9-10H,6-8H2,1-5H3,(H,17,18). The van der Waals surface area contributed by atoms with Gasteiger partial charge in [0, 0.05) is 25.3 Å². The van der Waals surface area contributed by atoms with Crippen LogP contribution in [0.1, 0.15) is 51.0 Å². The summed E-state index contributed by atoms with van der Waals surface area (Å²) in [5, 5.41) is 9.19. The predicted molar refractivity (Wildman–Crippen MR) is 81.0 cm³/mol. The molecule has 0 bridgehead atoms. The van der Waals surface area contributed by atoms with Crippen LogP contribution in [0, 0.1) is 0 Å². The molecule has 1 heterocycles. The van der Waals surface area contributed by atoms with Gasteiger partial charge in [-0.25, -0.2) is 13.2 Å². The molecule has 1 N–H and O–H groups in total. The van der Waals surface area contributed by atoms with Gasteiger partial charge in [0.1, 0.15) is 10.6 Å². The molecule has 0 saturated carbocycles. The molecule has 1 aromatic heterocycles. The van der Waals surface area contributed by atoms with Gasteiger partial charge in [-0.1, -0.05) is 13.8 Å². The van der Waals surface area contributed by atoms with E-state index < -0.39 is 21.5 Å². The molecular weight excluding hydrogens is 292 g/mol. The van der Waals surface area contributed by atoms with Crippen LogP contribution in [-0.2, 0) is 16.6 Å². The summed E-state index contributed by atoms with van der Waals surface area (Å²) in [4.78, 5) is 11.3. The van der Waals surface area contributed by atoms with Crippen LogP contribution in [0.25, 0.3) is 0 Å². The Morgan fingerprint density at radius 1 is 1.38 bits per heavy atom. The Balaban J connectivity index is 3.33. The van der Waals surface area contributed by atoms with Gasteiger partial charge in [-0.15, -0.1) is 0 Å². The largest absolute Gasteiger partial charge is 0.477 e. The Hall–Kier alpha value is -1.34. The molecule has 120 valence electrons. The molecule has 1 rings (SSSR count). The number of hydrogen-bond donors (Lipinski definition) is 1. The van der Waals surface area contributed by atoms with E-state index >= 15 is 0 Å². The highest BCUT2D eigenvalue weighted by molar-refractivity contribution is 7.89. The quantitative estimate of drug-likeness (QED) is 0.837. The van der Waals surface area contributed by atoms with E-state index in [2.05, 4.69) is 0 Å². The first kappa shape index (κ1) is 17.7. The monoisotopic (exact) mass is 316 g/mol. The van der Waals surface area contributed by atoms with Gasteiger partial charge in [-0.3, -0.25) is 0 Å². The summed E-state index contributed by atoms with van der Waals surface area (Å²) in [7, 11) is -2.19. The summed E-state index contributed by atoms with van der Waals surface area (Å²) < 4.78 is 28.1. The minimum absolute atomic E-state index is 0.00173. The minimum atomic E-state index is -3.71. The maximum absolute atomic E-state index is 12.6. The number of rotatable bonds is 7. The number of aromatic carboxylic acids is 1. The number of carbonyl (C=O) groups is 1. The van der Waals surface area contributed by atoms with Crippen LogP contribution in [0.2, 0.25) is 0 Å². The van der Waals surface area contributed by atoms with E-state index in [-0.39, 0.29) is 10.6 Å². The highest BCUT2D eigenvalue weighted by Crippen LogP contribution is 2.26. The molecule has 21 heavy (non-hydrogen) atoms. The third-order valence-electron chi connectivity index (χ3n) is 3.93. The van der Waals surface area contributed by atoms with Crippen molar-refractivity contribution in [1.82, 2.24) is 8.87 Å². The van der Waals surface area contributed by atoms with Crippen LogP contribution in [0.15, 0.2) is 17.2 Å². The summed E-state index contributed by atoms with van der Waals surface area (Å²) in [6, 6.07) is 1.23. The molecule has 0 aliphatic rings. The van der Waals surface area contributed by atoms with E-state index in [4.69, 9.17) is 0 Å². The average Bonchev–Trinajstić information content (AvgIpc) is 2.83. The van der Waals surface area contributed by atoms with Crippen LogP contribution in [0.3, 0.4) is 0 Å². The van der Waals surface area contributed by atoms with E-state index in [1.807, 2.05) is 27.7 Å². The van der Waals surface area contributed by atoms with Crippen LogP contribution in [0.4, 0.5) is 0 Å². The fourth-order valence-corrected chi connectivity index (χ4v) is 3.55. The Bertz CT molecular complexity index is 617. The molecule has 0 amide bonds. The molecule has 0 unspecified atom stereocenters. The van der Waals surface area contributed by atoms with Gasteiger partial charge in [0.25, 0.3) is 0 Å². The molecule has 0 spiro atoms. The number of carboxylic acid groups (broad SMARTS) is 1. The number of aromatic nitrogens is 1. The summed E-state index contributed by atoms with van der Waals surface area (Å²) in [6.07, 6.45) is 2.79. The smallest absolute Gasteiger partial charge is 0.352 e. The van der Waals surface area contributed by atoms with E-state index in [1.54, 1.807) is 0 Å². The molecule has 0 aliphatic heterocycles. The van der Waals surface area contributed by atoms with Crippen molar-refractivity contribution in [3.8, 4) is 0 Å². The molecule has 7 heteroatoms. The molecule has 1 aromatic rings. The molecule has 0 fully saturated rings. The Kier molecular flexibility index (Phi) is 5.22. The second kappa shape index (κ2) is 6.19. The molecule has 0 aliphatic carbocycles. The molecular formula is C14H24N2O4S. The zero-order chi connectivity index (χ0) is 16.4. The van der Waals surface area contributed by atoms with E-state index in [9.17, 15) is 18.3 Å². The number of aryl methyl sites for hydroxylation is 1. The van der Waals surface area contributed by atoms with Crippen LogP contribution in [0.5, 0.6) is 0 Å². The fourth-order valence-electron chi connectivity index (χ4n) is 1.94. The van der Waals surface area contributed by atoms with Crippen molar-refractivity contribution in [2.24, 2.45) is 0 Å². The minimum Gasteiger partial charge on any atom is -0.477 e. The van der Waals surface area contributed by atoms with Crippen molar-refractivity contribution in [2.75, 3.05) is 7.05 Å². The average molecular weight is 316 g/mol. The lowest BCUT2D eigenvalue weighted by molar-refractivity contribution is 0.0685. The van der Waals surface area contributed by atoms with Crippen molar-refractivity contribution >= 4 is 16.0 Å². The lowest BCUT2D eigenvalue weighted by Gasteiger charge is -2.33. The van der Waals surface area contributed by atoms with Crippen LogP contribution >= 0.6 is 0 Å². The summed E-state index contributed by atoms with van der Waals surface area (Å²) in [5.41, 5.74) is -0.534. The van der Waals surface area contributed by atoms with Crippen molar-refractivity contribution < 1.29 is 18.3 Å². The first-order valence-corrected chi connectivity index (χ1v) is 8.44. The van der Waals surface area contributed by atoms with Crippen molar-refractivity contribution in [2.45, 2.75) is 57.5 Å². The van der Waals surface area contributed by atoms with Gasteiger partial charge in [0.15, 0.2) is 0 Å². The third-order valence-corrected chi connectivity index (χ3v) is 5.97. The predicted octanol–water partition coefficient (Wildman–Crippen LogP) is 2.41. The first-order valence-electron chi connectivity index (χ1n) is 7.00. The highest BCUT2D eigenvalue weighted by Gasteiger charge is 2.34. The van der Waals surface area contributed by atoms with Crippen LogP contribution in [-0.4, -0.2) is 41.0 Å². The summed E-state index contributed by atoms with van der Waals surface area (Å²) >= 11 is 0. The van der Waals surface area contributed by atoms with E-state index in [0.29, 0.717) is 13.0 Å². The topological polar surface area (TPSA) is 79.6 Å². The van der Waals surface area contributed by atoms with Crippen LogP contribution < -0.4 is 0 Å². The Morgan fingerprint density at radius 3 is 2.38 bits per heavy atom. The van der Waals surface area contributed by atoms with E-state index in [0.717, 1.165) is 6.42 Å². The van der Waals surface area contributed by atoms with Gasteiger partial charge in [0.05, 0.1) is 0 Å². The second-order valence-electron chi connectivity index (χ2n) is 5.70. The second-order valence-corrected chi connectivity index (χ2v) is 7.67. The Labute approximate surface area is 126 Å². The zero-order valence-electron chi connectivity index (χ0n) is 13.3. The van der Waals surface area contributed by atoms with Gasteiger partial charge >= 0.3 is 5.97 Å². The molecule has 0 saturated heterocycles. The Morgan fingerprint density at radius 2 is 1.95 bits per heavy atom. The lowest BCUT2D eigenvalue weighted by atomic mass is 10.0. The molecule has 6 nitrogen and oxygen atoms in total. The van der Waals surface area contributed by atoms with Gasteiger partial charge in [-0.2, -0.15) is 4.31 Å². The molecule has 0 aromatic carbocycles. The first-order chi connectivity index (χ1) is 9.57. The van der Waals surface area contributed by atoms with Gasteiger partial charge in [-0.05, 0) is 32.8 Å². The normalized spacial score (nSPS) is 12.9. The van der Waals surface area contributed by atoms with Gasteiger partial charge in [0.2, 0.25) is 10.0 Å². The van der Waals surface area contributed by atoms with Gasteiger partial charge < -0.3 is 9.67 Å². The summed E-state index contributed by atoms with van der Waals surface area (Å²) in [6.45, 7) is 7.97. The summed E-state index contributed by atoms with van der Waals surface area (Å²) in [5.74, 6) is -1.12. The zero-order valence-corrected chi connectivity index (χ0v) is 14.1. The number of sulfonamides is 1.